The van der Waals surface area contributed by atoms with E-state index in [0.717, 1.165) is 14.2 Å². The van der Waals surface area contributed by atoms with Crippen molar-refractivity contribution in [2.45, 2.75) is 73.1 Å². The van der Waals surface area contributed by atoms with Crippen molar-refractivity contribution >= 4 is 40.1 Å². The van der Waals surface area contributed by atoms with Gasteiger partial charge in [0.25, 0.3) is 0 Å². The number of nitrogens with zero attached hydrogens (tertiary/aromatic N) is 5. The van der Waals surface area contributed by atoms with Gasteiger partial charge in [0, 0.05) is 44.5 Å². The number of benzene rings is 4. The highest BCUT2D eigenvalue weighted by Crippen LogP contribution is 2.30. The van der Waals surface area contributed by atoms with Gasteiger partial charge in [0.2, 0.25) is 40.1 Å². The number of sulfonamides is 4. The van der Waals surface area contributed by atoms with Gasteiger partial charge in [-0.2, -0.15) is 17.2 Å². The van der Waals surface area contributed by atoms with Crippen molar-refractivity contribution < 1.29 is 46.9 Å². The minimum atomic E-state index is -4.34. The Kier molecular flexibility index (Phi) is 15.6. The van der Waals surface area contributed by atoms with Crippen LogP contribution in [0.5, 0.6) is 0 Å². The van der Waals surface area contributed by atoms with Crippen LogP contribution in [0.2, 0.25) is 0 Å². The third-order valence-electron chi connectivity index (χ3n) is 11.1. The summed E-state index contributed by atoms with van der Waals surface area (Å²) < 4.78 is 141. The number of hydrogen-bond donors (Lipinski definition) is 0. The van der Waals surface area contributed by atoms with Gasteiger partial charge in [0.1, 0.15) is 23.1 Å². The largest absolute Gasteiger partial charge is 0.468 e. The lowest BCUT2D eigenvalue weighted by atomic mass is 10.2. The van der Waals surface area contributed by atoms with Crippen LogP contribution in [-0.2, 0) is 72.8 Å². The molecule has 4 aromatic carbocycles. The first kappa shape index (κ1) is 50.0. The Bertz CT molecular complexity index is 3240. The summed E-state index contributed by atoms with van der Waals surface area (Å²) in [7, 11) is -16.4. The summed E-state index contributed by atoms with van der Waals surface area (Å²) in [6, 6.07) is 34.3. The third-order valence-corrected chi connectivity index (χ3v) is 18.7. The van der Waals surface area contributed by atoms with Gasteiger partial charge >= 0.3 is 0 Å². The topological polar surface area (TPSA) is 189 Å². The summed E-state index contributed by atoms with van der Waals surface area (Å²) in [5.41, 5.74) is 2.10. The number of hydrogen-bond acceptors (Lipinski definition) is 11. The Hall–Kier alpha value is -5.84. The van der Waals surface area contributed by atoms with Crippen LogP contribution in [0.25, 0.3) is 11.3 Å². The van der Waals surface area contributed by atoms with E-state index in [-0.39, 0.29) is 77.7 Å². The van der Waals surface area contributed by atoms with Crippen LogP contribution in [-0.4, -0.2) is 75.5 Å². The molecule has 358 valence electrons. The second-order valence-electron chi connectivity index (χ2n) is 15.5. The summed E-state index contributed by atoms with van der Waals surface area (Å²) >= 11 is 0. The Labute approximate surface area is 397 Å². The smallest absolute Gasteiger partial charge is 0.243 e. The van der Waals surface area contributed by atoms with Crippen molar-refractivity contribution in [1.82, 2.24) is 22.2 Å². The molecule has 0 saturated heterocycles. The Morgan fingerprint density at radius 2 is 0.956 bits per heavy atom. The zero-order valence-electron chi connectivity index (χ0n) is 37.4. The molecule has 7 rings (SSSR count). The Morgan fingerprint density at radius 1 is 0.471 bits per heavy atom. The summed E-state index contributed by atoms with van der Waals surface area (Å²) in [6.45, 7) is 5.12. The van der Waals surface area contributed by atoms with Gasteiger partial charge in [-0.15, -0.1) is 0 Å². The van der Waals surface area contributed by atoms with Gasteiger partial charge in [0.05, 0.1) is 51.2 Å². The van der Waals surface area contributed by atoms with Crippen molar-refractivity contribution in [3.63, 3.8) is 0 Å². The Balaban J connectivity index is 1.13. The molecule has 0 atom stereocenters. The summed E-state index contributed by atoms with van der Waals surface area (Å²) in [6.07, 6.45) is 2.90. The quantitative estimate of drug-likeness (QED) is 0.0638. The monoisotopic (exact) mass is 1000 g/mol. The zero-order valence-corrected chi connectivity index (χ0v) is 40.7. The first-order chi connectivity index (χ1) is 32.4. The fourth-order valence-electron chi connectivity index (χ4n) is 7.39. The maximum absolute atomic E-state index is 14.4. The average molecular weight is 1000 g/mol. The van der Waals surface area contributed by atoms with Gasteiger partial charge in [-0.05, 0) is 108 Å². The van der Waals surface area contributed by atoms with E-state index < -0.39 is 45.9 Å². The molecule has 0 unspecified atom stereocenters. The molecule has 0 saturated carbocycles. The lowest BCUT2D eigenvalue weighted by Gasteiger charge is -2.23. The van der Waals surface area contributed by atoms with Crippen LogP contribution in [0.1, 0.15) is 49.1 Å². The molecule has 0 fully saturated rings. The van der Waals surface area contributed by atoms with Gasteiger partial charge in [0.15, 0.2) is 0 Å². The molecule has 15 nitrogen and oxygen atoms in total. The van der Waals surface area contributed by atoms with Crippen molar-refractivity contribution in [2.24, 2.45) is 0 Å². The standard InChI is InChI=1S/C48H50FN5O10S4/c1-4-51(5-2)65(55,56)44-19-23-47(24-20-44)68(61,62)54(35-42-13-10-30-63-42)34-41-31-39(28-29-50-41)48-27-18-43(64-48)36-53(33-38-14-16-40(49)17-15-38)67(59,60)46-25-21-45(22-26-46)66(57,58)52(6-3)32-37-11-8-7-9-12-37/h7-31H,4-6,32-36H2,1-3H3. The van der Waals surface area contributed by atoms with Crippen LogP contribution >= 0.6 is 0 Å². The highest BCUT2D eigenvalue weighted by Gasteiger charge is 2.31. The van der Waals surface area contributed by atoms with E-state index in [2.05, 4.69) is 4.98 Å². The minimum absolute atomic E-state index is 0.0401. The SMILES string of the molecule is CCN(CC)S(=O)(=O)c1ccc(S(=O)(=O)N(Cc2cc(-c3ccc(CN(Cc4ccc(F)cc4)S(=O)(=O)c4ccc(S(=O)(=O)N(CC)Cc5ccccc5)cc4)o3)ccn2)Cc2ccco2)cc1. The third kappa shape index (κ3) is 11.4. The summed E-state index contributed by atoms with van der Waals surface area (Å²) in [4.78, 5) is 4.00. The van der Waals surface area contributed by atoms with Gasteiger partial charge in [-0.1, -0.05) is 63.2 Å². The molecule has 0 aliphatic carbocycles. The van der Waals surface area contributed by atoms with E-state index in [0.29, 0.717) is 28.3 Å². The normalized spacial score (nSPS) is 12.7. The highest BCUT2D eigenvalue weighted by atomic mass is 32.2. The molecule has 7 aromatic rings. The van der Waals surface area contributed by atoms with Gasteiger partial charge in [-0.25, -0.2) is 38.1 Å². The molecule has 0 N–H and O–H groups in total. The van der Waals surface area contributed by atoms with Crippen LogP contribution < -0.4 is 0 Å². The minimum Gasteiger partial charge on any atom is -0.468 e. The lowest BCUT2D eigenvalue weighted by Crippen LogP contribution is -2.31. The molecule has 68 heavy (non-hydrogen) atoms. The number of furan rings is 2. The number of halogens is 1. The van der Waals surface area contributed by atoms with Crippen LogP contribution in [0.4, 0.5) is 4.39 Å². The van der Waals surface area contributed by atoms with Crippen molar-refractivity contribution in [3.8, 4) is 11.3 Å². The highest BCUT2D eigenvalue weighted by molar-refractivity contribution is 7.90. The van der Waals surface area contributed by atoms with Crippen molar-refractivity contribution in [2.75, 3.05) is 19.6 Å². The molecule has 0 bridgehead atoms. The van der Waals surface area contributed by atoms with Crippen LogP contribution in [0.3, 0.4) is 0 Å². The van der Waals surface area contributed by atoms with E-state index in [1.165, 1.54) is 93.9 Å². The molecule has 3 heterocycles. The molecule has 0 amide bonds. The number of rotatable bonds is 22. The fraction of sp³-hybridized carbons (Fsp3) is 0.229. The predicted octanol–water partition coefficient (Wildman–Crippen LogP) is 8.10. The number of aromatic nitrogens is 1. The molecule has 20 heteroatoms. The average Bonchev–Trinajstić information content (AvgIpc) is 4.05. The second-order valence-corrected chi connectivity index (χ2v) is 23.3. The molecule has 3 aromatic heterocycles. The Morgan fingerprint density at radius 3 is 1.49 bits per heavy atom. The van der Waals surface area contributed by atoms with E-state index in [1.54, 1.807) is 57.2 Å². The maximum atomic E-state index is 14.4. The van der Waals surface area contributed by atoms with E-state index in [1.807, 2.05) is 30.3 Å². The first-order valence-corrected chi connectivity index (χ1v) is 27.3. The van der Waals surface area contributed by atoms with Crippen LogP contribution in [0, 0.1) is 5.82 Å². The lowest BCUT2D eigenvalue weighted by molar-refractivity contribution is 0.355. The van der Waals surface area contributed by atoms with Gasteiger partial charge in [-0.3, -0.25) is 4.98 Å². The van der Waals surface area contributed by atoms with E-state index >= 15 is 0 Å². The zero-order chi connectivity index (χ0) is 48.7. The summed E-state index contributed by atoms with van der Waals surface area (Å²) in [5, 5.41) is 0. The molecule has 0 aliphatic heterocycles. The van der Waals surface area contributed by atoms with Crippen molar-refractivity contribution in [1.29, 1.82) is 0 Å². The molecule has 0 aliphatic rings. The molecular formula is C48H50FN5O10S4. The molecular weight excluding hydrogens is 954 g/mol. The number of pyridine rings is 1. The van der Waals surface area contributed by atoms with E-state index in [4.69, 9.17) is 8.83 Å². The van der Waals surface area contributed by atoms with Crippen LogP contribution in [0.15, 0.2) is 180 Å². The van der Waals surface area contributed by atoms with Crippen molar-refractivity contribution in [3.05, 3.63) is 186 Å². The fourth-order valence-corrected chi connectivity index (χ4v) is 13.1. The maximum Gasteiger partial charge on any atom is 0.243 e. The summed E-state index contributed by atoms with van der Waals surface area (Å²) in [5.74, 6) is 0.402. The van der Waals surface area contributed by atoms with Gasteiger partial charge < -0.3 is 8.83 Å². The predicted molar refractivity (Wildman–Crippen MR) is 253 cm³/mol. The molecule has 0 spiro atoms. The van der Waals surface area contributed by atoms with E-state index in [9.17, 15) is 38.1 Å². The second kappa shape index (κ2) is 21.2. The molecule has 0 radical (unpaired) electrons. The first-order valence-electron chi connectivity index (χ1n) is 21.5.